The SMILES string of the molecule is CC(=O)Nc1ccc(/C=C2/NC(=O)NC2=O)cc1. The van der Waals surface area contributed by atoms with Crippen LogP contribution in [-0.2, 0) is 9.59 Å². The third-order valence-corrected chi connectivity index (χ3v) is 2.26. The van der Waals surface area contributed by atoms with Crippen molar-refractivity contribution in [1.82, 2.24) is 10.6 Å². The molecule has 6 heteroatoms. The number of benzene rings is 1. The quantitative estimate of drug-likeness (QED) is 0.532. The van der Waals surface area contributed by atoms with Gasteiger partial charge in [0, 0.05) is 12.6 Å². The highest BCUT2D eigenvalue weighted by atomic mass is 16.2. The number of rotatable bonds is 2. The third-order valence-electron chi connectivity index (χ3n) is 2.26. The van der Waals surface area contributed by atoms with Gasteiger partial charge in [-0.3, -0.25) is 14.9 Å². The van der Waals surface area contributed by atoms with E-state index in [0.717, 1.165) is 5.56 Å². The second kappa shape index (κ2) is 4.70. The molecule has 1 fully saturated rings. The molecular formula is C12H11N3O3. The number of carbonyl (C=O) groups is 3. The molecule has 1 aromatic rings. The van der Waals surface area contributed by atoms with Crippen LogP contribution in [0, 0.1) is 0 Å². The lowest BCUT2D eigenvalue weighted by atomic mass is 10.1. The molecule has 0 saturated carbocycles. The highest BCUT2D eigenvalue weighted by molar-refractivity contribution is 6.14. The van der Waals surface area contributed by atoms with Crippen LogP contribution < -0.4 is 16.0 Å². The molecule has 4 amide bonds. The standard InChI is InChI=1S/C12H11N3O3/c1-7(16)13-9-4-2-8(3-5-9)6-10-11(17)15-12(18)14-10/h2-6H,1H3,(H,13,16)(H2,14,15,17,18)/b10-6+. The first-order valence-electron chi connectivity index (χ1n) is 5.26. The molecule has 0 aromatic heterocycles. The number of carbonyl (C=O) groups excluding carboxylic acids is 3. The van der Waals surface area contributed by atoms with Crippen molar-refractivity contribution in [2.75, 3.05) is 5.32 Å². The number of amides is 4. The largest absolute Gasteiger partial charge is 0.326 e. The highest BCUT2D eigenvalue weighted by Crippen LogP contribution is 2.13. The molecule has 2 rings (SSSR count). The van der Waals surface area contributed by atoms with Crippen LogP contribution in [0.3, 0.4) is 0 Å². The van der Waals surface area contributed by atoms with E-state index in [0.29, 0.717) is 5.69 Å². The van der Waals surface area contributed by atoms with E-state index in [1.165, 1.54) is 6.92 Å². The van der Waals surface area contributed by atoms with E-state index in [1.807, 2.05) is 0 Å². The third kappa shape index (κ3) is 2.73. The van der Waals surface area contributed by atoms with Gasteiger partial charge in [0.2, 0.25) is 5.91 Å². The number of nitrogens with one attached hydrogen (secondary N) is 3. The average molecular weight is 245 g/mol. The molecule has 0 unspecified atom stereocenters. The zero-order valence-electron chi connectivity index (χ0n) is 9.61. The minimum Gasteiger partial charge on any atom is -0.326 e. The van der Waals surface area contributed by atoms with Gasteiger partial charge in [-0.15, -0.1) is 0 Å². The molecule has 1 heterocycles. The Morgan fingerprint density at radius 2 is 1.83 bits per heavy atom. The molecule has 1 aliphatic rings. The first-order chi connectivity index (χ1) is 8.54. The van der Waals surface area contributed by atoms with Gasteiger partial charge in [0.15, 0.2) is 0 Å². The van der Waals surface area contributed by atoms with E-state index in [1.54, 1.807) is 30.3 Å². The maximum atomic E-state index is 11.3. The summed E-state index contributed by atoms with van der Waals surface area (Å²) in [6, 6.07) is 6.36. The van der Waals surface area contributed by atoms with Crippen molar-refractivity contribution < 1.29 is 14.4 Å². The molecule has 1 aromatic carbocycles. The fraction of sp³-hybridized carbons (Fsp3) is 0.0833. The molecule has 0 radical (unpaired) electrons. The van der Waals surface area contributed by atoms with Crippen LogP contribution in [0.2, 0.25) is 0 Å². The molecule has 0 atom stereocenters. The summed E-state index contributed by atoms with van der Waals surface area (Å²) in [5.41, 5.74) is 1.62. The van der Waals surface area contributed by atoms with E-state index in [9.17, 15) is 14.4 Å². The number of anilines is 1. The molecule has 6 nitrogen and oxygen atoms in total. The predicted molar refractivity (Wildman–Crippen MR) is 65.4 cm³/mol. The van der Waals surface area contributed by atoms with Gasteiger partial charge in [0.1, 0.15) is 5.70 Å². The van der Waals surface area contributed by atoms with Crippen LogP contribution in [0.4, 0.5) is 10.5 Å². The number of urea groups is 1. The maximum Gasteiger partial charge on any atom is 0.326 e. The Morgan fingerprint density at radius 1 is 1.17 bits per heavy atom. The Balaban J connectivity index is 2.15. The second-order valence-electron chi connectivity index (χ2n) is 3.77. The zero-order chi connectivity index (χ0) is 13.1. The lowest BCUT2D eigenvalue weighted by Crippen LogP contribution is -2.22. The Bertz CT molecular complexity index is 546. The number of hydrogen-bond donors (Lipinski definition) is 3. The normalized spacial score (nSPS) is 16.4. The van der Waals surface area contributed by atoms with Gasteiger partial charge in [-0.05, 0) is 23.8 Å². The van der Waals surface area contributed by atoms with Crippen LogP contribution in [0.1, 0.15) is 12.5 Å². The van der Waals surface area contributed by atoms with Crippen LogP contribution in [0.5, 0.6) is 0 Å². The maximum absolute atomic E-state index is 11.3. The summed E-state index contributed by atoms with van der Waals surface area (Å²) in [6.45, 7) is 1.42. The van der Waals surface area contributed by atoms with Crippen molar-refractivity contribution in [3.8, 4) is 0 Å². The van der Waals surface area contributed by atoms with Crippen molar-refractivity contribution >= 4 is 29.6 Å². The Hall–Kier alpha value is -2.63. The molecule has 3 N–H and O–H groups in total. The number of imide groups is 1. The molecule has 0 spiro atoms. The minimum atomic E-state index is -0.527. The topological polar surface area (TPSA) is 87.3 Å². The van der Waals surface area contributed by atoms with Crippen LogP contribution >= 0.6 is 0 Å². The van der Waals surface area contributed by atoms with Gasteiger partial charge >= 0.3 is 6.03 Å². The van der Waals surface area contributed by atoms with Crippen LogP contribution in [0.15, 0.2) is 30.0 Å². The molecule has 18 heavy (non-hydrogen) atoms. The van der Waals surface area contributed by atoms with Crippen molar-refractivity contribution in [3.63, 3.8) is 0 Å². The Labute approximate surface area is 103 Å². The van der Waals surface area contributed by atoms with Crippen molar-refractivity contribution in [2.45, 2.75) is 6.92 Å². The van der Waals surface area contributed by atoms with Crippen molar-refractivity contribution in [2.24, 2.45) is 0 Å². The summed E-state index contributed by atoms with van der Waals surface area (Å²) in [6.07, 6.45) is 1.55. The average Bonchev–Trinajstić information content (AvgIpc) is 2.59. The molecule has 92 valence electrons. The zero-order valence-corrected chi connectivity index (χ0v) is 9.61. The van der Waals surface area contributed by atoms with Gasteiger partial charge < -0.3 is 10.6 Å². The second-order valence-corrected chi connectivity index (χ2v) is 3.77. The highest BCUT2D eigenvalue weighted by Gasteiger charge is 2.22. The Morgan fingerprint density at radius 3 is 2.33 bits per heavy atom. The summed E-state index contributed by atoms with van der Waals surface area (Å²) in [5, 5.41) is 7.13. The lowest BCUT2D eigenvalue weighted by molar-refractivity contribution is -0.116. The summed E-state index contributed by atoms with van der Waals surface area (Å²) < 4.78 is 0. The van der Waals surface area contributed by atoms with E-state index in [2.05, 4.69) is 16.0 Å². The van der Waals surface area contributed by atoms with Gasteiger partial charge in [0.05, 0.1) is 0 Å². The summed E-state index contributed by atoms with van der Waals surface area (Å²) >= 11 is 0. The smallest absolute Gasteiger partial charge is 0.326 e. The van der Waals surface area contributed by atoms with E-state index in [4.69, 9.17) is 0 Å². The predicted octanol–water partition coefficient (Wildman–Crippen LogP) is 0.825. The fourth-order valence-corrected chi connectivity index (χ4v) is 1.52. The minimum absolute atomic E-state index is 0.150. The Kier molecular flexibility index (Phi) is 3.09. The number of hydrogen-bond acceptors (Lipinski definition) is 3. The van der Waals surface area contributed by atoms with Gasteiger partial charge in [0.25, 0.3) is 5.91 Å². The summed E-state index contributed by atoms with van der Waals surface area (Å²) in [4.78, 5) is 33.0. The molecule has 1 aliphatic heterocycles. The molecular weight excluding hydrogens is 234 g/mol. The first kappa shape index (κ1) is 11.8. The van der Waals surface area contributed by atoms with Crippen LogP contribution in [0.25, 0.3) is 6.08 Å². The monoisotopic (exact) mass is 245 g/mol. The van der Waals surface area contributed by atoms with Crippen molar-refractivity contribution in [1.29, 1.82) is 0 Å². The molecule has 0 bridgehead atoms. The lowest BCUT2D eigenvalue weighted by Gasteiger charge is -2.02. The summed E-state index contributed by atoms with van der Waals surface area (Å²) in [5.74, 6) is -0.602. The van der Waals surface area contributed by atoms with Crippen molar-refractivity contribution in [3.05, 3.63) is 35.5 Å². The molecule has 1 saturated heterocycles. The summed E-state index contributed by atoms with van der Waals surface area (Å²) in [7, 11) is 0. The van der Waals surface area contributed by atoms with E-state index < -0.39 is 11.9 Å². The van der Waals surface area contributed by atoms with E-state index in [-0.39, 0.29) is 11.6 Å². The van der Waals surface area contributed by atoms with E-state index >= 15 is 0 Å². The fourth-order valence-electron chi connectivity index (χ4n) is 1.52. The van der Waals surface area contributed by atoms with Gasteiger partial charge in [-0.1, -0.05) is 12.1 Å². The van der Waals surface area contributed by atoms with Crippen LogP contribution in [-0.4, -0.2) is 17.8 Å². The van der Waals surface area contributed by atoms with Gasteiger partial charge in [-0.25, -0.2) is 4.79 Å². The van der Waals surface area contributed by atoms with Gasteiger partial charge in [-0.2, -0.15) is 0 Å². The molecule has 0 aliphatic carbocycles. The first-order valence-corrected chi connectivity index (χ1v) is 5.26.